The SMILES string of the molecule is CS1(O)C=CC=S(C)(O)(O)C=C1. The van der Waals surface area contributed by atoms with Crippen LogP contribution >= 0.6 is 19.6 Å². The Morgan fingerprint density at radius 1 is 1.25 bits per heavy atom. The second-order valence-corrected chi connectivity index (χ2v) is 9.26. The van der Waals surface area contributed by atoms with Crippen molar-refractivity contribution in [2.24, 2.45) is 0 Å². The van der Waals surface area contributed by atoms with Gasteiger partial charge in [-0.05, 0) is 23.1 Å². The van der Waals surface area contributed by atoms with Gasteiger partial charge in [0.1, 0.15) is 0 Å². The van der Waals surface area contributed by atoms with Gasteiger partial charge >= 0.3 is 0 Å². The summed E-state index contributed by atoms with van der Waals surface area (Å²) in [4.78, 5) is 0. The van der Waals surface area contributed by atoms with Crippen molar-refractivity contribution in [3.8, 4) is 0 Å². The maximum atomic E-state index is 9.62. The van der Waals surface area contributed by atoms with Crippen LogP contribution in [0.1, 0.15) is 0 Å². The minimum Gasteiger partial charge on any atom is -0.344 e. The van der Waals surface area contributed by atoms with Crippen molar-refractivity contribution in [2.45, 2.75) is 0 Å². The summed E-state index contributed by atoms with van der Waals surface area (Å²) in [6, 6.07) is 0. The van der Waals surface area contributed by atoms with Gasteiger partial charge in [-0.2, -0.15) is 0 Å². The Morgan fingerprint density at radius 2 is 1.83 bits per heavy atom. The van der Waals surface area contributed by atoms with E-state index >= 15 is 0 Å². The van der Waals surface area contributed by atoms with E-state index in [1.165, 1.54) is 28.5 Å². The quantitative estimate of drug-likeness (QED) is 0.539. The number of allylic oxidation sites excluding steroid dienone is 1. The molecular formula is C7H14O3S2. The monoisotopic (exact) mass is 210 g/mol. The van der Waals surface area contributed by atoms with Gasteiger partial charge in [0.15, 0.2) is 0 Å². The molecule has 0 radical (unpaired) electrons. The van der Waals surface area contributed by atoms with Gasteiger partial charge in [-0.25, -0.2) is 9.31 Å². The van der Waals surface area contributed by atoms with E-state index in [1.54, 1.807) is 11.7 Å². The van der Waals surface area contributed by atoms with E-state index in [1.807, 2.05) is 0 Å². The molecule has 72 valence electrons. The summed E-state index contributed by atoms with van der Waals surface area (Å²) >= 11 is 0. The third-order valence-corrected chi connectivity index (χ3v) is 4.64. The molecule has 0 aromatic carbocycles. The highest BCUT2D eigenvalue weighted by atomic mass is 32.3. The molecule has 0 aliphatic carbocycles. The summed E-state index contributed by atoms with van der Waals surface area (Å²) < 4.78 is 28.8. The van der Waals surface area contributed by atoms with Gasteiger partial charge in [-0.15, -0.1) is 10.3 Å². The smallest absolute Gasteiger partial charge is 0.0178 e. The topological polar surface area (TPSA) is 60.7 Å². The van der Waals surface area contributed by atoms with Crippen LogP contribution in [0.5, 0.6) is 0 Å². The Hall–Kier alpha value is -0.0700. The van der Waals surface area contributed by atoms with E-state index in [9.17, 15) is 13.7 Å². The highest BCUT2D eigenvalue weighted by Crippen LogP contribution is 2.54. The first kappa shape index (κ1) is 10.0. The molecule has 0 aromatic heterocycles. The molecule has 1 aliphatic rings. The van der Waals surface area contributed by atoms with Crippen LogP contribution in [-0.2, 0) is 0 Å². The Labute approximate surface area is 73.8 Å². The van der Waals surface area contributed by atoms with Crippen LogP contribution in [0.15, 0.2) is 22.3 Å². The Balaban J connectivity index is 3.20. The molecule has 0 aromatic rings. The Morgan fingerprint density at radius 3 is 2.42 bits per heavy atom. The van der Waals surface area contributed by atoms with Gasteiger partial charge in [0.05, 0.1) is 0 Å². The molecule has 0 saturated heterocycles. The van der Waals surface area contributed by atoms with E-state index < -0.39 is 19.6 Å². The van der Waals surface area contributed by atoms with E-state index in [2.05, 4.69) is 0 Å². The molecule has 0 bridgehead atoms. The predicted molar refractivity (Wildman–Crippen MR) is 59.3 cm³/mol. The maximum Gasteiger partial charge on any atom is 0.0178 e. The zero-order chi connectivity index (χ0) is 9.48. The fraction of sp³-hybridized carbons (Fsp3) is 0.286. The minimum absolute atomic E-state index is 1.30. The molecule has 3 N–H and O–H groups in total. The lowest BCUT2D eigenvalue weighted by Gasteiger charge is -2.36. The molecule has 1 rings (SSSR count). The molecule has 0 fully saturated rings. The second-order valence-electron chi connectivity index (χ2n) is 3.21. The van der Waals surface area contributed by atoms with Crippen molar-refractivity contribution in [2.75, 3.05) is 12.5 Å². The van der Waals surface area contributed by atoms with Crippen molar-refractivity contribution < 1.29 is 13.7 Å². The highest BCUT2D eigenvalue weighted by molar-refractivity contribution is 8.41. The van der Waals surface area contributed by atoms with Crippen LogP contribution < -0.4 is 0 Å². The first-order chi connectivity index (χ1) is 5.18. The largest absolute Gasteiger partial charge is 0.344 e. The number of hydrogen-bond acceptors (Lipinski definition) is 3. The van der Waals surface area contributed by atoms with Gasteiger partial charge in [-0.3, -0.25) is 0 Å². The van der Waals surface area contributed by atoms with Crippen molar-refractivity contribution in [3.63, 3.8) is 0 Å². The zero-order valence-corrected chi connectivity index (χ0v) is 8.68. The van der Waals surface area contributed by atoms with Crippen LogP contribution in [0.25, 0.3) is 0 Å². The molecule has 1 aliphatic heterocycles. The molecule has 3 nitrogen and oxygen atoms in total. The zero-order valence-electron chi connectivity index (χ0n) is 7.04. The standard InChI is InChI=1S/C7H14O3S2/c1-11(8)4-3-6-12(2,9,10)7-5-11/h3-10H,1-2H3. The summed E-state index contributed by atoms with van der Waals surface area (Å²) in [5.74, 6) is 0. The van der Waals surface area contributed by atoms with Crippen LogP contribution in [0.3, 0.4) is 0 Å². The first-order valence-corrected chi connectivity index (χ1v) is 7.92. The van der Waals surface area contributed by atoms with Gasteiger partial charge in [0.2, 0.25) is 0 Å². The number of hydrogen-bond donors (Lipinski definition) is 3. The average molecular weight is 210 g/mol. The Kier molecular flexibility index (Phi) is 2.05. The summed E-state index contributed by atoms with van der Waals surface area (Å²) in [7, 11) is -5.40. The molecule has 0 spiro atoms. The molecule has 1 atom stereocenters. The molecule has 5 heteroatoms. The maximum absolute atomic E-state index is 9.62. The van der Waals surface area contributed by atoms with Crippen molar-refractivity contribution in [1.29, 1.82) is 0 Å². The van der Waals surface area contributed by atoms with E-state index in [-0.39, 0.29) is 0 Å². The van der Waals surface area contributed by atoms with Crippen molar-refractivity contribution >= 4 is 25.0 Å². The first-order valence-electron chi connectivity index (χ1n) is 3.31. The summed E-state index contributed by atoms with van der Waals surface area (Å²) in [6.45, 7) is 0. The third-order valence-electron chi connectivity index (χ3n) is 1.44. The summed E-state index contributed by atoms with van der Waals surface area (Å²) in [6.07, 6.45) is 4.53. The van der Waals surface area contributed by atoms with Crippen LogP contribution in [0.4, 0.5) is 0 Å². The van der Waals surface area contributed by atoms with Crippen LogP contribution in [0.2, 0.25) is 0 Å². The Bertz CT molecular complexity index is 309. The molecule has 12 heavy (non-hydrogen) atoms. The lowest BCUT2D eigenvalue weighted by molar-refractivity contribution is 0.501. The van der Waals surface area contributed by atoms with Crippen LogP contribution in [-0.4, -0.2) is 31.5 Å². The average Bonchev–Trinajstić information content (AvgIpc) is 1.90. The second kappa shape index (κ2) is 2.46. The number of rotatable bonds is 0. The lowest BCUT2D eigenvalue weighted by Crippen LogP contribution is -2.01. The van der Waals surface area contributed by atoms with Crippen molar-refractivity contribution in [1.82, 2.24) is 0 Å². The predicted octanol–water partition coefficient (Wildman–Crippen LogP) is 2.61. The molecule has 1 unspecified atom stereocenters. The lowest BCUT2D eigenvalue weighted by atomic mass is 10.8. The molecule has 0 amide bonds. The van der Waals surface area contributed by atoms with Gasteiger partial charge < -0.3 is 13.7 Å². The van der Waals surface area contributed by atoms with Gasteiger partial charge in [-0.1, -0.05) is 0 Å². The third kappa shape index (κ3) is 2.76. The summed E-state index contributed by atoms with van der Waals surface area (Å²) in [5.41, 5.74) is 0. The van der Waals surface area contributed by atoms with Gasteiger partial charge in [0, 0.05) is 17.0 Å². The van der Waals surface area contributed by atoms with Crippen LogP contribution in [0, 0.1) is 0 Å². The molecule has 1 heterocycles. The fourth-order valence-corrected chi connectivity index (χ4v) is 3.87. The van der Waals surface area contributed by atoms with E-state index in [0.29, 0.717) is 0 Å². The fourth-order valence-electron chi connectivity index (χ4n) is 0.726. The van der Waals surface area contributed by atoms with Crippen molar-refractivity contribution in [3.05, 3.63) is 22.3 Å². The minimum atomic E-state index is -3.48. The highest BCUT2D eigenvalue weighted by Gasteiger charge is 2.14. The molecular weight excluding hydrogens is 196 g/mol. The summed E-state index contributed by atoms with van der Waals surface area (Å²) in [5, 5.41) is 5.69. The van der Waals surface area contributed by atoms with Gasteiger partial charge in [0.25, 0.3) is 0 Å². The normalized spacial score (nSPS) is 45.9. The van der Waals surface area contributed by atoms with E-state index in [4.69, 9.17) is 0 Å². The molecule has 0 saturated carbocycles. The van der Waals surface area contributed by atoms with E-state index in [0.717, 1.165) is 0 Å².